The van der Waals surface area contributed by atoms with Crippen LogP contribution in [-0.2, 0) is 4.79 Å². The molecule has 1 aromatic rings. The van der Waals surface area contributed by atoms with Gasteiger partial charge in [-0.15, -0.1) is 5.73 Å². The van der Waals surface area contributed by atoms with Gasteiger partial charge in [-0.25, -0.2) is 4.79 Å². The number of nitrogens with zero attached hydrogens (tertiary/aromatic N) is 1. The van der Waals surface area contributed by atoms with Gasteiger partial charge in [0.1, 0.15) is 0 Å². The maximum absolute atomic E-state index is 10.5. The van der Waals surface area contributed by atoms with Crippen LogP contribution in [-0.4, -0.2) is 16.0 Å². The normalized spacial score (nSPS) is 9.06. The molecule has 1 N–H and O–H groups in total. The minimum Gasteiger partial charge on any atom is -0.478 e. The molecule has 0 atom stereocenters. The van der Waals surface area contributed by atoms with Gasteiger partial charge in [-0.2, -0.15) is 0 Å². The Labute approximate surface area is 91.5 Å². The SMILES string of the molecule is [CH2]c1ccc([N+](=O)[O-])cc1C=C=CC(=O)O. The molecular formula is C11H8NO4. The molecule has 0 saturated carbocycles. The second-order valence-electron chi connectivity index (χ2n) is 2.93. The fourth-order valence-corrected chi connectivity index (χ4v) is 1.03. The van der Waals surface area contributed by atoms with E-state index in [0.29, 0.717) is 11.1 Å². The summed E-state index contributed by atoms with van der Waals surface area (Å²) in [4.78, 5) is 20.2. The summed E-state index contributed by atoms with van der Waals surface area (Å²) in [6, 6.07) is 4.14. The summed E-state index contributed by atoms with van der Waals surface area (Å²) in [5, 5.41) is 18.8. The number of nitro benzene ring substituents is 1. The Morgan fingerprint density at radius 1 is 1.56 bits per heavy atom. The van der Waals surface area contributed by atoms with Gasteiger partial charge in [0.2, 0.25) is 0 Å². The molecule has 0 aromatic heterocycles. The highest BCUT2D eigenvalue weighted by molar-refractivity contribution is 5.80. The van der Waals surface area contributed by atoms with E-state index in [-0.39, 0.29) is 5.69 Å². The minimum atomic E-state index is -1.13. The Kier molecular flexibility index (Phi) is 3.58. The minimum absolute atomic E-state index is 0.0734. The third-order valence-corrected chi connectivity index (χ3v) is 1.79. The molecule has 5 nitrogen and oxygen atoms in total. The molecule has 0 aliphatic carbocycles. The molecule has 5 heteroatoms. The topological polar surface area (TPSA) is 80.4 Å². The van der Waals surface area contributed by atoms with Crippen molar-refractivity contribution in [2.45, 2.75) is 0 Å². The number of carboxylic acid groups (broad SMARTS) is 1. The van der Waals surface area contributed by atoms with Crippen molar-refractivity contribution in [1.82, 2.24) is 0 Å². The van der Waals surface area contributed by atoms with Gasteiger partial charge in [0.25, 0.3) is 5.69 Å². The van der Waals surface area contributed by atoms with Gasteiger partial charge in [0.05, 0.1) is 11.0 Å². The first kappa shape index (κ1) is 11.7. The lowest BCUT2D eigenvalue weighted by Gasteiger charge is -1.98. The second-order valence-corrected chi connectivity index (χ2v) is 2.93. The number of nitro groups is 1. The number of hydrogen-bond donors (Lipinski definition) is 1. The van der Waals surface area contributed by atoms with Crippen LogP contribution in [0.1, 0.15) is 11.1 Å². The van der Waals surface area contributed by atoms with E-state index in [4.69, 9.17) is 5.11 Å². The number of carbonyl (C=O) groups is 1. The lowest BCUT2D eigenvalue weighted by Crippen LogP contribution is -1.89. The highest BCUT2D eigenvalue weighted by Gasteiger charge is 2.06. The third-order valence-electron chi connectivity index (χ3n) is 1.79. The Morgan fingerprint density at radius 3 is 2.81 bits per heavy atom. The highest BCUT2D eigenvalue weighted by Crippen LogP contribution is 2.17. The van der Waals surface area contributed by atoms with E-state index in [9.17, 15) is 14.9 Å². The van der Waals surface area contributed by atoms with Gasteiger partial charge in [-0.3, -0.25) is 10.1 Å². The largest absolute Gasteiger partial charge is 0.478 e. The summed E-state index contributed by atoms with van der Waals surface area (Å²) in [6.07, 6.45) is 2.15. The van der Waals surface area contributed by atoms with Crippen LogP contribution < -0.4 is 0 Å². The first-order valence-corrected chi connectivity index (χ1v) is 4.26. The van der Waals surface area contributed by atoms with E-state index in [1.165, 1.54) is 24.3 Å². The highest BCUT2D eigenvalue weighted by atomic mass is 16.6. The summed E-state index contributed by atoms with van der Waals surface area (Å²) in [6.45, 7) is 3.66. The van der Waals surface area contributed by atoms with Gasteiger partial charge in [0, 0.05) is 12.1 Å². The molecule has 16 heavy (non-hydrogen) atoms. The molecule has 1 rings (SSSR count). The van der Waals surface area contributed by atoms with E-state index >= 15 is 0 Å². The summed E-state index contributed by atoms with van der Waals surface area (Å²) < 4.78 is 0. The lowest BCUT2D eigenvalue weighted by molar-refractivity contribution is -0.384. The summed E-state index contributed by atoms with van der Waals surface area (Å²) >= 11 is 0. The molecule has 81 valence electrons. The molecule has 1 aromatic carbocycles. The molecule has 0 heterocycles. The summed E-state index contributed by atoms with van der Waals surface area (Å²) in [7, 11) is 0. The molecule has 0 amide bonds. The van der Waals surface area contributed by atoms with Gasteiger partial charge in [-0.05, 0) is 24.1 Å². The van der Waals surface area contributed by atoms with Crippen molar-refractivity contribution >= 4 is 17.7 Å². The van der Waals surface area contributed by atoms with Crippen molar-refractivity contribution in [2.75, 3.05) is 0 Å². The number of benzene rings is 1. The fraction of sp³-hybridized carbons (Fsp3) is 0. The van der Waals surface area contributed by atoms with E-state index in [0.717, 1.165) is 6.08 Å². The molecule has 0 fully saturated rings. The van der Waals surface area contributed by atoms with Crippen molar-refractivity contribution in [3.63, 3.8) is 0 Å². The summed E-state index contributed by atoms with van der Waals surface area (Å²) in [5.41, 5.74) is 3.35. The van der Waals surface area contributed by atoms with E-state index in [1.807, 2.05) is 0 Å². The molecule has 0 bridgehead atoms. The average molecular weight is 218 g/mol. The zero-order valence-corrected chi connectivity index (χ0v) is 8.21. The van der Waals surface area contributed by atoms with Crippen molar-refractivity contribution in [1.29, 1.82) is 0 Å². The lowest BCUT2D eigenvalue weighted by atomic mass is 10.1. The Morgan fingerprint density at radius 2 is 2.25 bits per heavy atom. The van der Waals surface area contributed by atoms with Crippen LogP contribution in [0.2, 0.25) is 0 Å². The van der Waals surface area contributed by atoms with Crippen molar-refractivity contribution in [3.05, 3.63) is 58.2 Å². The quantitative estimate of drug-likeness (QED) is 0.364. The zero-order chi connectivity index (χ0) is 12.1. The number of non-ortho nitro benzene ring substituents is 1. The standard InChI is InChI=1S/C11H8NO4/c1-8-5-6-10(12(15)16)7-9(8)3-2-4-11(13)14/h3-7H,1H2,(H,13,14). The second kappa shape index (κ2) is 4.91. The maximum atomic E-state index is 10.5. The average Bonchev–Trinajstić information content (AvgIpc) is 2.20. The van der Waals surface area contributed by atoms with Crippen LogP contribution in [0.15, 0.2) is 30.0 Å². The summed E-state index contributed by atoms with van der Waals surface area (Å²) in [5.74, 6) is -1.13. The number of hydrogen-bond acceptors (Lipinski definition) is 3. The molecule has 0 saturated heterocycles. The monoisotopic (exact) mass is 218 g/mol. The van der Waals surface area contributed by atoms with Crippen molar-refractivity contribution < 1.29 is 14.8 Å². The van der Waals surface area contributed by atoms with Crippen LogP contribution in [0.25, 0.3) is 6.08 Å². The van der Waals surface area contributed by atoms with Gasteiger partial charge >= 0.3 is 5.97 Å². The van der Waals surface area contributed by atoms with Crippen LogP contribution >= 0.6 is 0 Å². The number of aliphatic carboxylic acids is 1. The molecule has 0 unspecified atom stereocenters. The Hall–Kier alpha value is -2.39. The van der Waals surface area contributed by atoms with Crippen LogP contribution in [0, 0.1) is 17.0 Å². The van der Waals surface area contributed by atoms with Gasteiger partial charge < -0.3 is 5.11 Å². The first-order valence-electron chi connectivity index (χ1n) is 4.26. The van der Waals surface area contributed by atoms with Crippen molar-refractivity contribution in [2.24, 2.45) is 0 Å². The number of rotatable bonds is 3. The van der Waals surface area contributed by atoms with E-state index in [2.05, 4.69) is 12.7 Å². The molecule has 0 aliphatic rings. The smallest absolute Gasteiger partial charge is 0.336 e. The van der Waals surface area contributed by atoms with Crippen molar-refractivity contribution in [3.8, 4) is 0 Å². The van der Waals surface area contributed by atoms with Crippen LogP contribution in [0.3, 0.4) is 0 Å². The van der Waals surface area contributed by atoms with Gasteiger partial charge in [0.15, 0.2) is 0 Å². The maximum Gasteiger partial charge on any atom is 0.336 e. The molecule has 0 spiro atoms. The van der Waals surface area contributed by atoms with Crippen LogP contribution in [0.4, 0.5) is 5.69 Å². The third kappa shape index (κ3) is 3.08. The van der Waals surface area contributed by atoms with E-state index in [1.54, 1.807) is 0 Å². The predicted octanol–water partition coefficient (Wildman–Crippen LogP) is 2.03. The zero-order valence-electron chi connectivity index (χ0n) is 8.21. The fourth-order valence-electron chi connectivity index (χ4n) is 1.03. The molecular weight excluding hydrogens is 210 g/mol. The van der Waals surface area contributed by atoms with Gasteiger partial charge in [-0.1, -0.05) is 6.07 Å². The van der Waals surface area contributed by atoms with E-state index < -0.39 is 10.9 Å². The first-order chi connectivity index (χ1) is 7.50. The number of carboxylic acids is 1. The van der Waals surface area contributed by atoms with Crippen LogP contribution in [0.5, 0.6) is 0 Å². The Bertz CT molecular complexity index is 499. The Balaban J connectivity index is 3.13. The molecule has 0 aliphatic heterocycles. The predicted molar refractivity (Wildman–Crippen MR) is 57.7 cm³/mol. The molecule has 1 radical (unpaired) electrons.